The molecule has 1 spiro atoms. The van der Waals surface area contributed by atoms with E-state index >= 15 is 0 Å². The number of amides is 3. The third-order valence-electron chi connectivity index (χ3n) is 8.19. The predicted octanol–water partition coefficient (Wildman–Crippen LogP) is 3.77. The van der Waals surface area contributed by atoms with E-state index in [9.17, 15) is 19.2 Å². The van der Waals surface area contributed by atoms with Crippen molar-refractivity contribution in [2.24, 2.45) is 17.8 Å². The van der Waals surface area contributed by atoms with Crippen LogP contribution in [0.2, 0.25) is 0 Å². The molecule has 4 atom stereocenters. The van der Waals surface area contributed by atoms with Gasteiger partial charge in [0.25, 0.3) is 5.91 Å². The summed E-state index contributed by atoms with van der Waals surface area (Å²) in [5.74, 6) is -3.09. The van der Waals surface area contributed by atoms with Gasteiger partial charge in [0.15, 0.2) is 0 Å². The lowest BCUT2D eigenvalue weighted by Crippen LogP contribution is -2.55. The SMILES string of the molecule is CCOC(=O)CN1C(=O)[C@@]2(N[C@@H](CC(C)C)[C@H]3C(=O)N(c4cccc5ccccc45)C(=O)[C@@H]32)c2ccccc21. The summed E-state index contributed by atoms with van der Waals surface area (Å²) in [6.45, 7) is 5.75. The summed E-state index contributed by atoms with van der Waals surface area (Å²) in [4.78, 5) is 58.2. The Kier molecular flexibility index (Phi) is 6.03. The Labute approximate surface area is 226 Å². The van der Waals surface area contributed by atoms with Gasteiger partial charge in [-0.25, -0.2) is 4.90 Å². The zero-order chi connectivity index (χ0) is 27.5. The monoisotopic (exact) mass is 525 g/mol. The first-order valence-electron chi connectivity index (χ1n) is 13.5. The van der Waals surface area contributed by atoms with E-state index in [2.05, 4.69) is 19.2 Å². The third-order valence-corrected chi connectivity index (χ3v) is 8.19. The molecule has 3 aliphatic rings. The maximum Gasteiger partial charge on any atom is 0.326 e. The largest absolute Gasteiger partial charge is 0.465 e. The zero-order valence-electron chi connectivity index (χ0n) is 22.2. The van der Waals surface area contributed by atoms with Crippen LogP contribution in [0.4, 0.5) is 11.4 Å². The molecule has 0 aliphatic carbocycles. The van der Waals surface area contributed by atoms with Crippen LogP contribution >= 0.6 is 0 Å². The van der Waals surface area contributed by atoms with Crippen molar-refractivity contribution in [3.8, 4) is 0 Å². The molecule has 0 unspecified atom stereocenters. The number of carbonyl (C=O) groups is 4. The van der Waals surface area contributed by atoms with Gasteiger partial charge in [0, 0.05) is 22.7 Å². The lowest BCUT2D eigenvalue weighted by atomic mass is 9.76. The van der Waals surface area contributed by atoms with E-state index in [4.69, 9.17) is 4.74 Å². The van der Waals surface area contributed by atoms with Crippen molar-refractivity contribution < 1.29 is 23.9 Å². The van der Waals surface area contributed by atoms with Crippen molar-refractivity contribution in [2.75, 3.05) is 23.0 Å². The van der Waals surface area contributed by atoms with Gasteiger partial charge in [-0.15, -0.1) is 0 Å². The quantitative estimate of drug-likeness (QED) is 0.389. The fraction of sp³-hybridized carbons (Fsp3) is 0.355. The number of ether oxygens (including phenoxy) is 1. The first-order chi connectivity index (χ1) is 18.8. The molecule has 8 nitrogen and oxygen atoms in total. The Balaban J connectivity index is 1.51. The lowest BCUT2D eigenvalue weighted by Gasteiger charge is -2.31. The van der Waals surface area contributed by atoms with Crippen molar-refractivity contribution >= 4 is 45.8 Å². The summed E-state index contributed by atoms with van der Waals surface area (Å²) in [6.07, 6.45) is 0.610. The molecule has 0 saturated carbocycles. The van der Waals surface area contributed by atoms with E-state index in [-0.39, 0.29) is 25.0 Å². The second kappa shape index (κ2) is 9.31. The molecule has 39 heavy (non-hydrogen) atoms. The van der Waals surface area contributed by atoms with E-state index in [1.54, 1.807) is 25.1 Å². The Morgan fingerprint density at radius 1 is 0.949 bits per heavy atom. The Morgan fingerprint density at radius 3 is 2.41 bits per heavy atom. The third kappa shape index (κ3) is 3.61. The topological polar surface area (TPSA) is 96.0 Å². The van der Waals surface area contributed by atoms with Gasteiger partial charge in [-0.2, -0.15) is 0 Å². The second-order valence-electron chi connectivity index (χ2n) is 10.9. The molecule has 2 fully saturated rings. The number of nitrogens with zero attached hydrogens (tertiary/aromatic N) is 2. The number of para-hydroxylation sites is 1. The number of carbonyl (C=O) groups excluding carboxylic acids is 4. The van der Waals surface area contributed by atoms with Gasteiger partial charge in [0.2, 0.25) is 11.8 Å². The molecule has 3 heterocycles. The molecule has 3 aromatic rings. The summed E-state index contributed by atoms with van der Waals surface area (Å²) in [5, 5.41) is 5.22. The first-order valence-corrected chi connectivity index (χ1v) is 13.5. The Bertz CT molecular complexity index is 1510. The average Bonchev–Trinajstić information content (AvgIpc) is 3.47. The van der Waals surface area contributed by atoms with Gasteiger partial charge < -0.3 is 4.74 Å². The summed E-state index contributed by atoms with van der Waals surface area (Å²) in [7, 11) is 0. The van der Waals surface area contributed by atoms with Gasteiger partial charge in [-0.3, -0.25) is 29.4 Å². The highest BCUT2D eigenvalue weighted by Crippen LogP contribution is 2.56. The number of rotatable bonds is 6. The number of nitrogens with one attached hydrogen (secondary N) is 1. The van der Waals surface area contributed by atoms with Crippen LogP contribution in [0.5, 0.6) is 0 Å². The molecule has 0 radical (unpaired) electrons. The minimum atomic E-state index is -1.46. The highest BCUT2D eigenvalue weighted by atomic mass is 16.5. The highest BCUT2D eigenvalue weighted by Gasteiger charge is 2.71. The highest BCUT2D eigenvalue weighted by molar-refractivity contribution is 6.28. The van der Waals surface area contributed by atoms with Crippen LogP contribution in [0.15, 0.2) is 66.7 Å². The maximum atomic E-state index is 14.4. The van der Waals surface area contributed by atoms with Crippen LogP contribution < -0.4 is 15.1 Å². The van der Waals surface area contributed by atoms with E-state index in [1.165, 1.54) is 9.80 Å². The minimum absolute atomic E-state index is 0.194. The molecular formula is C31H31N3O5. The normalized spacial score (nSPS) is 25.7. The number of benzene rings is 3. The maximum absolute atomic E-state index is 14.4. The standard InChI is InChI=1S/C31H31N3O5/c1-4-39-25(35)17-33-24-14-8-7-13-21(24)31(30(33)38)27-26(22(32-31)16-18(2)3)28(36)34(29(27)37)23-15-9-11-19-10-5-6-12-20(19)23/h5-15,18,22,26-27,32H,4,16-17H2,1-3H3/t22-,26+,27+,31+/m0/s1. The number of anilines is 2. The molecule has 1 N–H and O–H groups in total. The second-order valence-corrected chi connectivity index (χ2v) is 10.9. The van der Waals surface area contributed by atoms with Crippen molar-refractivity contribution in [3.05, 3.63) is 72.3 Å². The van der Waals surface area contributed by atoms with Crippen LogP contribution in [0.3, 0.4) is 0 Å². The number of hydrogen-bond acceptors (Lipinski definition) is 6. The van der Waals surface area contributed by atoms with Crippen LogP contribution in [0, 0.1) is 17.8 Å². The fourth-order valence-corrected chi connectivity index (χ4v) is 6.79. The molecule has 0 aromatic heterocycles. The summed E-state index contributed by atoms with van der Waals surface area (Å²) >= 11 is 0. The average molecular weight is 526 g/mol. The van der Waals surface area contributed by atoms with Crippen LogP contribution in [0.25, 0.3) is 10.8 Å². The number of fused-ring (bicyclic) bond motifs is 5. The predicted molar refractivity (Wildman–Crippen MR) is 147 cm³/mol. The van der Waals surface area contributed by atoms with Crippen LogP contribution in [0.1, 0.15) is 32.8 Å². The van der Waals surface area contributed by atoms with Gasteiger partial charge >= 0.3 is 5.97 Å². The summed E-state index contributed by atoms with van der Waals surface area (Å²) in [5.41, 5.74) is 0.231. The number of imide groups is 1. The van der Waals surface area contributed by atoms with E-state index in [0.29, 0.717) is 23.4 Å². The molecule has 3 aliphatic heterocycles. The Morgan fingerprint density at radius 2 is 1.64 bits per heavy atom. The molecule has 3 aromatic carbocycles. The zero-order valence-corrected chi connectivity index (χ0v) is 22.2. The molecule has 3 amide bonds. The van der Waals surface area contributed by atoms with E-state index < -0.39 is 41.2 Å². The van der Waals surface area contributed by atoms with Crippen molar-refractivity contribution in [2.45, 2.75) is 38.8 Å². The van der Waals surface area contributed by atoms with Crippen molar-refractivity contribution in [3.63, 3.8) is 0 Å². The molecule has 0 bridgehead atoms. The van der Waals surface area contributed by atoms with E-state index in [0.717, 1.165) is 10.8 Å². The lowest BCUT2D eigenvalue weighted by molar-refractivity contribution is -0.142. The Hall–Kier alpha value is -4.04. The van der Waals surface area contributed by atoms with Gasteiger partial charge in [-0.1, -0.05) is 68.4 Å². The fourth-order valence-electron chi connectivity index (χ4n) is 6.79. The van der Waals surface area contributed by atoms with Crippen molar-refractivity contribution in [1.82, 2.24) is 5.32 Å². The number of hydrogen-bond donors (Lipinski definition) is 1. The van der Waals surface area contributed by atoms with Gasteiger partial charge in [0.1, 0.15) is 12.1 Å². The number of esters is 1. The van der Waals surface area contributed by atoms with Crippen molar-refractivity contribution in [1.29, 1.82) is 0 Å². The van der Waals surface area contributed by atoms with Crippen LogP contribution in [-0.2, 0) is 29.5 Å². The smallest absolute Gasteiger partial charge is 0.326 e. The summed E-state index contributed by atoms with van der Waals surface area (Å²) < 4.78 is 5.15. The van der Waals surface area contributed by atoms with Crippen LogP contribution in [-0.4, -0.2) is 42.9 Å². The van der Waals surface area contributed by atoms with E-state index in [1.807, 2.05) is 48.5 Å². The molecule has 8 heteroatoms. The molecule has 2 saturated heterocycles. The molecule has 6 rings (SSSR count). The van der Waals surface area contributed by atoms with Gasteiger partial charge in [0.05, 0.1) is 24.1 Å². The van der Waals surface area contributed by atoms with Gasteiger partial charge in [-0.05, 0) is 36.8 Å². The molecule has 200 valence electrons. The first kappa shape index (κ1) is 25.2. The summed E-state index contributed by atoms with van der Waals surface area (Å²) in [6, 6.07) is 20.0. The minimum Gasteiger partial charge on any atom is -0.465 e. The molecular weight excluding hydrogens is 494 g/mol.